The monoisotopic (exact) mass is 690 g/mol. The van der Waals surface area contributed by atoms with Crippen molar-refractivity contribution in [3.05, 3.63) is 174 Å². The number of hydrogen-bond donors (Lipinski definition) is 0. The Kier molecular flexibility index (Phi) is 6.67. The third-order valence-corrected chi connectivity index (χ3v) is 13.5. The number of hydrogen-bond acceptors (Lipinski definition) is 3. The van der Waals surface area contributed by atoms with E-state index in [9.17, 15) is 0 Å². The molecule has 0 bridgehead atoms. The molecule has 2 heterocycles. The van der Waals surface area contributed by atoms with E-state index in [2.05, 4.69) is 202 Å². The number of para-hydroxylation sites is 1. The first kappa shape index (κ1) is 31.4. The minimum atomic E-state index is -0.208. The fourth-order valence-corrected chi connectivity index (χ4v) is 11.0. The van der Waals surface area contributed by atoms with E-state index in [1.54, 1.807) is 0 Å². The summed E-state index contributed by atoms with van der Waals surface area (Å²) in [6.45, 7) is 12.0. The van der Waals surface area contributed by atoms with Gasteiger partial charge >= 0.3 is 0 Å². The van der Waals surface area contributed by atoms with Crippen LogP contribution in [0.3, 0.4) is 0 Å². The van der Waals surface area contributed by atoms with Crippen LogP contribution in [0.15, 0.2) is 158 Å². The van der Waals surface area contributed by atoms with E-state index in [1.807, 2.05) is 11.3 Å². The number of benzene rings is 6. The van der Waals surface area contributed by atoms with Crippen LogP contribution in [0, 0.1) is 5.92 Å². The molecule has 2 unspecified atom stereocenters. The highest BCUT2D eigenvalue weighted by Gasteiger charge is 2.52. The van der Waals surface area contributed by atoms with Crippen LogP contribution in [0.2, 0.25) is 0 Å². The topological polar surface area (TPSA) is 6.48 Å². The fourth-order valence-electron chi connectivity index (χ4n) is 9.84. The Morgan fingerprint density at radius 1 is 0.558 bits per heavy atom. The van der Waals surface area contributed by atoms with Gasteiger partial charge in [-0.2, -0.15) is 0 Å². The van der Waals surface area contributed by atoms with Gasteiger partial charge in [-0.15, -0.1) is 11.3 Å². The highest BCUT2D eigenvalue weighted by molar-refractivity contribution is 7.25. The molecule has 3 aliphatic rings. The van der Waals surface area contributed by atoms with Crippen LogP contribution in [-0.2, 0) is 10.8 Å². The summed E-state index contributed by atoms with van der Waals surface area (Å²) in [5, 5.41) is 2.64. The Labute approximate surface area is 311 Å². The Morgan fingerprint density at radius 2 is 1.21 bits per heavy atom. The molecule has 3 heteroatoms. The number of fused-ring (bicyclic) bond motifs is 8. The SMILES string of the molecule is CC1(C)c2ccccc2-c2ccc(N(c3ccc4c(c3)C(C)(C)C3C=CC=CC3(C)N4c3ccccc3)c3ccc4c(c3)sc3ccccc34)cc21. The number of allylic oxidation sites excluding steroid dienone is 2. The summed E-state index contributed by atoms with van der Waals surface area (Å²) in [4.78, 5) is 5.07. The van der Waals surface area contributed by atoms with Crippen LogP contribution in [0.5, 0.6) is 0 Å². The van der Waals surface area contributed by atoms with Crippen molar-refractivity contribution in [2.75, 3.05) is 9.80 Å². The Balaban J connectivity index is 1.20. The van der Waals surface area contributed by atoms with E-state index in [4.69, 9.17) is 0 Å². The highest BCUT2D eigenvalue weighted by Crippen LogP contribution is 2.57. The van der Waals surface area contributed by atoms with Crippen molar-refractivity contribution in [3.8, 4) is 11.1 Å². The summed E-state index contributed by atoms with van der Waals surface area (Å²) in [6.07, 6.45) is 9.30. The predicted octanol–water partition coefficient (Wildman–Crippen LogP) is 13.8. The first-order chi connectivity index (χ1) is 25.2. The largest absolute Gasteiger partial charge is 0.331 e. The third kappa shape index (κ3) is 4.36. The van der Waals surface area contributed by atoms with E-state index in [0.717, 1.165) is 0 Å². The summed E-state index contributed by atoms with van der Waals surface area (Å²) >= 11 is 1.88. The second-order valence-electron chi connectivity index (χ2n) is 16.1. The van der Waals surface area contributed by atoms with Gasteiger partial charge in [0.1, 0.15) is 0 Å². The Bertz CT molecular complexity index is 2620. The van der Waals surface area contributed by atoms with Crippen molar-refractivity contribution >= 4 is 59.9 Å². The summed E-state index contributed by atoms with van der Waals surface area (Å²) < 4.78 is 2.63. The number of rotatable bonds is 4. The molecule has 0 radical (unpaired) electrons. The average molecular weight is 691 g/mol. The van der Waals surface area contributed by atoms with Crippen molar-refractivity contribution in [1.82, 2.24) is 0 Å². The highest BCUT2D eigenvalue weighted by atomic mass is 32.1. The first-order valence-corrected chi connectivity index (χ1v) is 19.3. The second kappa shape index (κ2) is 11.1. The van der Waals surface area contributed by atoms with Crippen molar-refractivity contribution in [2.45, 2.75) is 51.0 Å². The summed E-state index contributed by atoms with van der Waals surface area (Å²) in [5.74, 6) is 0.274. The lowest BCUT2D eigenvalue weighted by atomic mass is 9.59. The molecule has 0 saturated carbocycles. The van der Waals surface area contributed by atoms with Gasteiger partial charge in [0.05, 0.1) is 5.54 Å². The molecule has 254 valence electrons. The van der Waals surface area contributed by atoms with Gasteiger partial charge < -0.3 is 9.80 Å². The smallest absolute Gasteiger partial charge is 0.0679 e. The maximum Gasteiger partial charge on any atom is 0.0679 e. The van der Waals surface area contributed by atoms with Gasteiger partial charge in [0.25, 0.3) is 0 Å². The number of anilines is 5. The number of thiophene rings is 1. The first-order valence-electron chi connectivity index (χ1n) is 18.5. The van der Waals surface area contributed by atoms with Crippen LogP contribution in [-0.4, -0.2) is 5.54 Å². The standard InChI is InChI=1S/C49H42N2S/c1-47(2)40-19-11-9-17-36(40)37-25-22-33(29-41(37)47)50(35-23-26-39-38-18-10-12-20-44(38)52-45(39)31-35)34-24-27-43-42(30-34)48(3,4)46-21-13-14-28-49(46,5)51(43)32-15-7-6-8-16-32/h6-31,46H,1-5H3. The second-order valence-corrected chi connectivity index (χ2v) is 17.1. The molecular weight excluding hydrogens is 649 g/mol. The molecule has 1 aromatic heterocycles. The van der Waals surface area contributed by atoms with E-state index in [-0.39, 0.29) is 22.3 Å². The number of nitrogens with zero attached hydrogens (tertiary/aromatic N) is 2. The van der Waals surface area contributed by atoms with Crippen molar-refractivity contribution in [2.24, 2.45) is 5.92 Å². The van der Waals surface area contributed by atoms with Gasteiger partial charge in [0.2, 0.25) is 0 Å². The van der Waals surface area contributed by atoms with Gasteiger partial charge in [-0.1, -0.05) is 125 Å². The lowest BCUT2D eigenvalue weighted by molar-refractivity contribution is 0.260. The maximum atomic E-state index is 2.57. The molecule has 0 amide bonds. The minimum absolute atomic E-state index is 0.0949. The van der Waals surface area contributed by atoms with Crippen LogP contribution in [0.4, 0.5) is 28.4 Å². The molecule has 0 N–H and O–H groups in total. The van der Waals surface area contributed by atoms with Crippen LogP contribution in [0.25, 0.3) is 31.3 Å². The molecule has 6 aromatic carbocycles. The molecule has 7 aromatic rings. The van der Waals surface area contributed by atoms with Crippen molar-refractivity contribution in [3.63, 3.8) is 0 Å². The molecule has 52 heavy (non-hydrogen) atoms. The molecule has 0 fully saturated rings. The zero-order valence-electron chi connectivity index (χ0n) is 30.4. The van der Waals surface area contributed by atoms with Crippen LogP contribution < -0.4 is 9.80 Å². The minimum Gasteiger partial charge on any atom is -0.331 e. The lowest BCUT2D eigenvalue weighted by Gasteiger charge is -2.57. The van der Waals surface area contributed by atoms with Gasteiger partial charge in [0, 0.05) is 65.4 Å². The van der Waals surface area contributed by atoms with Crippen molar-refractivity contribution < 1.29 is 0 Å². The molecule has 2 aliphatic carbocycles. The molecule has 0 spiro atoms. The predicted molar refractivity (Wildman–Crippen MR) is 223 cm³/mol. The zero-order chi connectivity index (χ0) is 35.4. The normalized spacial score (nSPS) is 20.4. The zero-order valence-corrected chi connectivity index (χ0v) is 31.2. The van der Waals surface area contributed by atoms with E-state index in [0.29, 0.717) is 0 Å². The summed E-state index contributed by atoms with van der Waals surface area (Å²) in [7, 11) is 0. The maximum absolute atomic E-state index is 2.57. The van der Waals surface area contributed by atoms with Gasteiger partial charge in [-0.05, 0) is 95.4 Å². The molecular formula is C49H42N2S. The lowest BCUT2D eigenvalue weighted by Crippen LogP contribution is -2.58. The Morgan fingerprint density at radius 3 is 2.06 bits per heavy atom. The summed E-state index contributed by atoms with van der Waals surface area (Å²) in [5.41, 5.74) is 12.4. The van der Waals surface area contributed by atoms with Crippen molar-refractivity contribution in [1.29, 1.82) is 0 Å². The average Bonchev–Trinajstić information content (AvgIpc) is 3.64. The van der Waals surface area contributed by atoms with Gasteiger partial charge in [-0.25, -0.2) is 0 Å². The van der Waals surface area contributed by atoms with E-state index < -0.39 is 0 Å². The molecule has 2 nitrogen and oxygen atoms in total. The van der Waals surface area contributed by atoms with E-state index >= 15 is 0 Å². The van der Waals surface area contributed by atoms with Gasteiger partial charge in [0.15, 0.2) is 0 Å². The van der Waals surface area contributed by atoms with Crippen LogP contribution >= 0.6 is 11.3 Å². The quantitative estimate of drug-likeness (QED) is 0.181. The molecule has 0 saturated heterocycles. The summed E-state index contributed by atoms with van der Waals surface area (Å²) in [6, 6.07) is 50.0. The molecule has 10 rings (SSSR count). The van der Waals surface area contributed by atoms with E-state index in [1.165, 1.54) is 76.4 Å². The molecule has 2 atom stereocenters. The Hall–Kier alpha value is -5.38. The third-order valence-electron chi connectivity index (χ3n) is 12.4. The van der Waals surface area contributed by atoms with Crippen LogP contribution in [0.1, 0.15) is 51.3 Å². The molecule has 1 aliphatic heterocycles. The van der Waals surface area contributed by atoms with Gasteiger partial charge in [-0.3, -0.25) is 0 Å². The fraction of sp³-hybridized carbons (Fsp3) is 0.184.